The topological polar surface area (TPSA) is 74.2 Å². The number of carbonyl (C=O) groups excluding carboxylic acids is 2. The molecule has 0 saturated carbocycles. The van der Waals surface area contributed by atoms with Gasteiger partial charge < -0.3 is 19.9 Å². The summed E-state index contributed by atoms with van der Waals surface area (Å²) in [6.45, 7) is 3.11. The molecule has 2 atom stereocenters. The van der Waals surface area contributed by atoms with Crippen LogP contribution in [0.5, 0.6) is 0 Å². The quantitative estimate of drug-likeness (QED) is 0.680. The molecule has 1 N–H and O–H groups in total. The van der Waals surface area contributed by atoms with Crippen molar-refractivity contribution >= 4 is 40.3 Å². The number of aliphatic imine (C=N–C) groups is 1. The summed E-state index contributed by atoms with van der Waals surface area (Å²) in [5.74, 6) is -0.215. The lowest BCUT2D eigenvalue weighted by Gasteiger charge is -2.37. The van der Waals surface area contributed by atoms with Crippen LogP contribution in [-0.4, -0.2) is 60.1 Å². The molecule has 3 heterocycles. The monoisotopic (exact) mass is 474 g/mol. The number of likely N-dealkylation sites (N-methyl/N-ethyl adjacent to an activating group) is 1. The summed E-state index contributed by atoms with van der Waals surface area (Å²) >= 11 is 8.04. The third kappa shape index (κ3) is 4.58. The highest BCUT2D eigenvalue weighted by molar-refractivity contribution is 8.16. The van der Waals surface area contributed by atoms with Gasteiger partial charge in [-0.1, -0.05) is 41.6 Å². The van der Waals surface area contributed by atoms with Gasteiger partial charge >= 0.3 is 0 Å². The summed E-state index contributed by atoms with van der Waals surface area (Å²) in [6, 6.07) is 7.04. The van der Waals surface area contributed by atoms with Crippen molar-refractivity contribution < 1.29 is 14.3 Å². The number of hydrogen-bond acceptors (Lipinski definition) is 6. The summed E-state index contributed by atoms with van der Waals surface area (Å²) in [5, 5.41) is 6.22. The highest BCUT2D eigenvalue weighted by Gasteiger charge is 2.41. The first-order valence-electron chi connectivity index (χ1n) is 10.7. The first-order chi connectivity index (χ1) is 15.4. The zero-order valence-corrected chi connectivity index (χ0v) is 20.0. The van der Waals surface area contributed by atoms with E-state index in [2.05, 4.69) is 5.32 Å². The third-order valence-electron chi connectivity index (χ3n) is 5.73. The summed E-state index contributed by atoms with van der Waals surface area (Å²) in [5.41, 5.74) is 2.81. The Morgan fingerprint density at radius 2 is 2.12 bits per heavy atom. The molecule has 9 heteroatoms. The van der Waals surface area contributed by atoms with E-state index < -0.39 is 6.04 Å². The number of fused-ring (bicyclic) bond motifs is 1. The van der Waals surface area contributed by atoms with Crippen LogP contribution in [0, 0.1) is 0 Å². The van der Waals surface area contributed by atoms with Crippen LogP contribution in [0.2, 0.25) is 5.02 Å². The van der Waals surface area contributed by atoms with Gasteiger partial charge in [-0.2, -0.15) is 0 Å². The van der Waals surface area contributed by atoms with Gasteiger partial charge in [-0.3, -0.25) is 9.59 Å². The van der Waals surface area contributed by atoms with Gasteiger partial charge in [0.1, 0.15) is 0 Å². The fourth-order valence-corrected chi connectivity index (χ4v) is 5.34. The van der Waals surface area contributed by atoms with E-state index in [4.69, 9.17) is 21.3 Å². The second-order valence-electron chi connectivity index (χ2n) is 8.23. The number of halogens is 1. The van der Waals surface area contributed by atoms with Crippen molar-refractivity contribution in [2.75, 3.05) is 27.2 Å². The van der Waals surface area contributed by atoms with Crippen molar-refractivity contribution in [3.05, 3.63) is 57.2 Å². The van der Waals surface area contributed by atoms with Gasteiger partial charge in [-0.25, -0.2) is 4.99 Å². The zero-order valence-electron chi connectivity index (χ0n) is 18.4. The van der Waals surface area contributed by atoms with Gasteiger partial charge in [0.2, 0.25) is 5.91 Å². The lowest BCUT2D eigenvalue weighted by Crippen LogP contribution is -2.40. The van der Waals surface area contributed by atoms with Crippen LogP contribution in [0.3, 0.4) is 0 Å². The zero-order chi connectivity index (χ0) is 22.8. The molecule has 1 aromatic carbocycles. The highest BCUT2D eigenvalue weighted by atomic mass is 35.5. The Balaban J connectivity index is 1.63. The summed E-state index contributed by atoms with van der Waals surface area (Å²) in [7, 11) is 3.44. The normalized spacial score (nSPS) is 22.4. The van der Waals surface area contributed by atoms with Gasteiger partial charge in [0.15, 0.2) is 5.17 Å². The Hall–Kier alpha value is -2.29. The Morgan fingerprint density at radius 3 is 2.81 bits per heavy atom. The van der Waals surface area contributed by atoms with E-state index in [-0.39, 0.29) is 24.3 Å². The molecule has 3 aliphatic heterocycles. The Morgan fingerprint density at radius 1 is 1.34 bits per heavy atom. The SMILES string of the molecule is CC1=C(C(=O)N(C)C)C(c2ccccc2Cl)N2C(CC(=O)NCC3CCCO3)=CSC2=N1. The smallest absolute Gasteiger partial charge is 0.253 e. The predicted molar refractivity (Wildman–Crippen MR) is 127 cm³/mol. The molecule has 3 aliphatic rings. The van der Waals surface area contributed by atoms with Crippen LogP contribution in [0.15, 0.2) is 51.6 Å². The Kier molecular flexibility index (Phi) is 6.93. The number of thioether (sulfide) groups is 1. The van der Waals surface area contributed by atoms with Crippen molar-refractivity contribution in [3.63, 3.8) is 0 Å². The van der Waals surface area contributed by atoms with E-state index in [0.717, 1.165) is 35.9 Å². The Bertz CT molecular complexity index is 1010. The first kappa shape index (κ1) is 22.9. The minimum absolute atomic E-state index is 0.0849. The minimum atomic E-state index is -0.460. The van der Waals surface area contributed by atoms with Crippen LogP contribution < -0.4 is 5.32 Å². The van der Waals surface area contributed by atoms with Crippen molar-refractivity contribution in [2.45, 2.75) is 38.3 Å². The molecule has 32 heavy (non-hydrogen) atoms. The molecule has 170 valence electrons. The van der Waals surface area contributed by atoms with Crippen molar-refractivity contribution in [1.82, 2.24) is 15.1 Å². The average molecular weight is 475 g/mol. The largest absolute Gasteiger partial charge is 0.376 e. The number of allylic oxidation sites excluding steroid dienone is 1. The molecule has 1 saturated heterocycles. The highest BCUT2D eigenvalue weighted by Crippen LogP contribution is 2.46. The number of hydrogen-bond donors (Lipinski definition) is 1. The fraction of sp³-hybridized carbons (Fsp3) is 0.435. The average Bonchev–Trinajstić information content (AvgIpc) is 3.41. The second-order valence-corrected chi connectivity index (χ2v) is 9.47. The molecule has 0 bridgehead atoms. The fourth-order valence-electron chi connectivity index (χ4n) is 4.14. The van der Waals surface area contributed by atoms with Gasteiger partial charge in [0.25, 0.3) is 5.91 Å². The predicted octanol–water partition coefficient (Wildman–Crippen LogP) is 3.69. The molecular weight excluding hydrogens is 448 g/mol. The van der Waals surface area contributed by atoms with Crippen LogP contribution in [0.25, 0.3) is 0 Å². The third-order valence-corrected chi connectivity index (χ3v) is 6.96. The molecule has 4 rings (SSSR count). The first-order valence-corrected chi connectivity index (χ1v) is 11.9. The van der Waals surface area contributed by atoms with Crippen molar-refractivity contribution in [3.8, 4) is 0 Å². The number of carbonyl (C=O) groups is 2. The molecule has 1 aromatic rings. The molecule has 7 nitrogen and oxygen atoms in total. The Labute approximate surface area is 197 Å². The van der Waals surface area contributed by atoms with E-state index in [9.17, 15) is 9.59 Å². The van der Waals surface area contributed by atoms with E-state index in [0.29, 0.717) is 22.8 Å². The van der Waals surface area contributed by atoms with Crippen LogP contribution >= 0.6 is 23.4 Å². The lowest BCUT2D eigenvalue weighted by atomic mass is 9.93. The maximum absolute atomic E-state index is 13.2. The lowest BCUT2D eigenvalue weighted by molar-refractivity contribution is -0.125. The number of ether oxygens (including phenoxy) is 1. The maximum Gasteiger partial charge on any atom is 0.253 e. The molecule has 0 radical (unpaired) electrons. The number of nitrogens with zero attached hydrogens (tertiary/aromatic N) is 3. The molecule has 2 unspecified atom stereocenters. The molecule has 0 aromatic heterocycles. The van der Waals surface area contributed by atoms with Gasteiger partial charge in [0, 0.05) is 38.0 Å². The number of amidine groups is 1. The number of rotatable bonds is 6. The number of amides is 2. The van der Waals surface area contributed by atoms with Gasteiger partial charge in [0.05, 0.1) is 29.8 Å². The molecular formula is C23H27ClN4O3S. The van der Waals surface area contributed by atoms with E-state index in [1.807, 2.05) is 41.5 Å². The summed E-state index contributed by atoms with van der Waals surface area (Å²) in [6.07, 6.45) is 2.27. The van der Waals surface area contributed by atoms with E-state index in [1.165, 1.54) is 11.8 Å². The van der Waals surface area contributed by atoms with E-state index in [1.54, 1.807) is 19.0 Å². The van der Waals surface area contributed by atoms with Crippen LogP contribution in [0.1, 0.15) is 37.8 Å². The molecule has 1 fully saturated rings. The van der Waals surface area contributed by atoms with Gasteiger partial charge in [-0.15, -0.1) is 0 Å². The van der Waals surface area contributed by atoms with Crippen LogP contribution in [-0.2, 0) is 14.3 Å². The second kappa shape index (κ2) is 9.68. The molecule has 0 aliphatic carbocycles. The summed E-state index contributed by atoms with van der Waals surface area (Å²) < 4.78 is 5.60. The van der Waals surface area contributed by atoms with Crippen LogP contribution in [0.4, 0.5) is 0 Å². The standard InChI is InChI=1S/C23H27ClN4O3S/c1-14-20(22(30)27(2)3)21(17-8-4-5-9-18(17)24)28-15(13-32-23(28)26-14)11-19(29)25-12-16-7-6-10-31-16/h4-5,8-9,13,16,21H,6-7,10-12H2,1-3H3,(H,25,29). The van der Waals surface area contributed by atoms with Crippen molar-refractivity contribution in [2.24, 2.45) is 4.99 Å². The molecule has 0 spiro atoms. The molecule has 2 amide bonds. The number of benzene rings is 1. The van der Waals surface area contributed by atoms with E-state index >= 15 is 0 Å². The minimum Gasteiger partial charge on any atom is -0.376 e. The maximum atomic E-state index is 13.2. The van der Waals surface area contributed by atoms with Crippen molar-refractivity contribution in [1.29, 1.82) is 0 Å². The summed E-state index contributed by atoms with van der Waals surface area (Å²) in [4.78, 5) is 34.1. The van der Waals surface area contributed by atoms with Gasteiger partial charge in [-0.05, 0) is 36.8 Å². The number of nitrogens with one attached hydrogen (secondary N) is 1.